The van der Waals surface area contributed by atoms with Crippen molar-refractivity contribution in [2.75, 3.05) is 0 Å². The van der Waals surface area contributed by atoms with Crippen LogP contribution in [-0.2, 0) is 0 Å². The molecule has 0 saturated heterocycles. The van der Waals surface area contributed by atoms with Crippen LogP contribution < -0.4 is 5.43 Å². The molecule has 5 rings (SSSR count). The summed E-state index contributed by atoms with van der Waals surface area (Å²) in [5.41, 5.74) is 4.20. The van der Waals surface area contributed by atoms with Gasteiger partial charge in [0.25, 0.3) is 0 Å². The standard InChI is InChI=1S/C26H18ClNO3/c1-15-26(16(2)29)20-13-25-21(12-22(20)28(15)19-10-8-18(27)9-11-19)23(30)14-24(31-25)17-6-4-3-5-7-17/h3-14H,1-2H3. The Labute approximate surface area is 183 Å². The molecule has 5 aromatic rings. The Balaban J connectivity index is 1.86. The van der Waals surface area contributed by atoms with Crippen molar-refractivity contribution in [1.29, 1.82) is 0 Å². The molecule has 0 fully saturated rings. The minimum Gasteiger partial charge on any atom is -0.456 e. The largest absolute Gasteiger partial charge is 0.456 e. The van der Waals surface area contributed by atoms with Gasteiger partial charge in [0.15, 0.2) is 11.2 Å². The maximum absolute atomic E-state index is 13.0. The van der Waals surface area contributed by atoms with Gasteiger partial charge in [-0.3, -0.25) is 9.59 Å². The highest BCUT2D eigenvalue weighted by Gasteiger charge is 2.20. The van der Waals surface area contributed by atoms with Gasteiger partial charge in [0.05, 0.1) is 10.9 Å². The van der Waals surface area contributed by atoms with Crippen LogP contribution in [-0.4, -0.2) is 10.4 Å². The summed E-state index contributed by atoms with van der Waals surface area (Å²) in [6, 6.07) is 22.0. The van der Waals surface area contributed by atoms with Crippen molar-refractivity contribution < 1.29 is 9.21 Å². The monoisotopic (exact) mass is 427 g/mol. The molecule has 2 aromatic heterocycles. The normalized spacial score (nSPS) is 11.3. The predicted molar refractivity (Wildman–Crippen MR) is 125 cm³/mol. The van der Waals surface area contributed by atoms with E-state index in [0.717, 1.165) is 27.8 Å². The first-order chi connectivity index (χ1) is 14.9. The number of hydrogen-bond acceptors (Lipinski definition) is 3. The Morgan fingerprint density at radius 1 is 0.935 bits per heavy atom. The van der Waals surface area contributed by atoms with Crippen LogP contribution in [0, 0.1) is 6.92 Å². The number of nitrogens with zero attached hydrogens (tertiary/aromatic N) is 1. The summed E-state index contributed by atoms with van der Waals surface area (Å²) in [6.07, 6.45) is 0. The highest BCUT2D eigenvalue weighted by Crippen LogP contribution is 2.33. The summed E-state index contributed by atoms with van der Waals surface area (Å²) >= 11 is 6.06. The molecular formula is C26H18ClNO3. The number of ketones is 1. The lowest BCUT2D eigenvalue weighted by molar-refractivity contribution is 0.101. The van der Waals surface area contributed by atoms with Gasteiger partial charge in [0.1, 0.15) is 11.3 Å². The quantitative estimate of drug-likeness (QED) is 0.306. The maximum Gasteiger partial charge on any atom is 0.193 e. The second-order valence-corrected chi connectivity index (χ2v) is 7.97. The highest BCUT2D eigenvalue weighted by atomic mass is 35.5. The van der Waals surface area contributed by atoms with Crippen LogP contribution in [0.1, 0.15) is 23.0 Å². The topological polar surface area (TPSA) is 52.2 Å². The molecule has 0 N–H and O–H groups in total. The molecule has 0 spiro atoms. The highest BCUT2D eigenvalue weighted by molar-refractivity contribution is 6.30. The number of benzene rings is 3. The first-order valence-electron chi connectivity index (χ1n) is 9.89. The Kier molecular flexibility index (Phi) is 4.53. The maximum atomic E-state index is 13.0. The molecule has 0 amide bonds. The minimum atomic E-state index is -0.132. The minimum absolute atomic E-state index is 0.0453. The third-order valence-corrected chi connectivity index (χ3v) is 5.80. The second-order valence-electron chi connectivity index (χ2n) is 7.53. The van der Waals surface area contributed by atoms with E-state index in [1.165, 1.54) is 6.07 Å². The van der Waals surface area contributed by atoms with Crippen molar-refractivity contribution in [2.24, 2.45) is 0 Å². The summed E-state index contributed by atoms with van der Waals surface area (Å²) in [5.74, 6) is 0.451. The molecule has 2 heterocycles. The van der Waals surface area contributed by atoms with E-state index in [1.807, 2.05) is 54.0 Å². The number of rotatable bonds is 3. The number of carbonyl (C=O) groups is 1. The van der Waals surface area contributed by atoms with Crippen LogP contribution in [0.5, 0.6) is 0 Å². The fourth-order valence-electron chi connectivity index (χ4n) is 4.17. The third kappa shape index (κ3) is 3.16. The van der Waals surface area contributed by atoms with E-state index in [0.29, 0.717) is 27.3 Å². The lowest BCUT2D eigenvalue weighted by atomic mass is 10.1. The van der Waals surface area contributed by atoms with Crippen LogP contribution in [0.15, 0.2) is 82.0 Å². The molecule has 5 heteroatoms. The summed E-state index contributed by atoms with van der Waals surface area (Å²) in [6.45, 7) is 3.45. The Morgan fingerprint density at radius 3 is 2.32 bits per heavy atom. The van der Waals surface area contributed by atoms with Gasteiger partial charge in [-0.2, -0.15) is 0 Å². The van der Waals surface area contributed by atoms with Gasteiger partial charge in [0, 0.05) is 39.0 Å². The lowest BCUT2D eigenvalue weighted by Gasteiger charge is -2.09. The number of aromatic nitrogens is 1. The number of Topliss-reactive ketones (excluding diaryl/α,β-unsaturated/α-hetero) is 1. The van der Waals surface area contributed by atoms with E-state index >= 15 is 0 Å². The zero-order chi connectivity index (χ0) is 21.7. The van der Waals surface area contributed by atoms with Crippen molar-refractivity contribution in [2.45, 2.75) is 13.8 Å². The zero-order valence-corrected chi connectivity index (χ0v) is 17.7. The lowest BCUT2D eigenvalue weighted by Crippen LogP contribution is -2.01. The molecule has 0 atom stereocenters. The average Bonchev–Trinajstić information content (AvgIpc) is 3.04. The predicted octanol–water partition coefficient (Wildman–Crippen LogP) is 6.57. The van der Waals surface area contributed by atoms with Crippen LogP contribution >= 0.6 is 11.6 Å². The van der Waals surface area contributed by atoms with E-state index < -0.39 is 0 Å². The number of halogens is 1. The van der Waals surface area contributed by atoms with Crippen LogP contribution in [0.25, 0.3) is 38.9 Å². The third-order valence-electron chi connectivity index (χ3n) is 5.55. The SMILES string of the molecule is CC(=O)c1c(C)n(-c2ccc(Cl)cc2)c2cc3c(=O)cc(-c4ccccc4)oc3cc12. The molecule has 31 heavy (non-hydrogen) atoms. The van der Waals surface area contributed by atoms with Gasteiger partial charge >= 0.3 is 0 Å². The Hall–Kier alpha value is -3.63. The molecule has 0 unspecified atom stereocenters. The van der Waals surface area contributed by atoms with Crippen LogP contribution in [0.3, 0.4) is 0 Å². The number of fused-ring (bicyclic) bond motifs is 2. The molecule has 0 bridgehead atoms. The van der Waals surface area contributed by atoms with Gasteiger partial charge in [0.2, 0.25) is 0 Å². The molecule has 0 radical (unpaired) electrons. The smallest absolute Gasteiger partial charge is 0.193 e. The van der Waals surface area contributed by atoms with Crippen LogP contribution in [0.4, 0.5) is 0 Å². The fourth-order valence-corrected chi connectivity index (χ4v) is 4.30. The van der Waals surface area contributed by atoms with Crippen molar-refractivity contribution in [1.82, 2.24) is 4.57 Å². The second kappa shape index (κ2) is 7.25. The molecule has 0 saturated carbocycles. The summed E-state index contributed by atoms with van der Waals surface area (Å²) in [7, 11) is 0. The Bertz CT molecular complexity index is 1530. The van der Waals surface area contributed by atoms with E-state index in [4.69, 9.17) is 16.0 Å². The van der Waals surface area contributed by atoms with Gasteiger partial charge in [-0.1, -0.05) is 41.9 Å². The van der Waals surface area contributed by atoms with E-state index in [-0.39, 0.29) is 11.2 Å². The van der Waals surface area contributed by atoms with Gasteiger partial charge in [-0.05, 0) is 50.2 Å². The Morgan fingerprint density at radius 2 is 1.65 bits per heavy atom. The molecule has 0 aliphatic rings. The molecule has 4 nitrogen and oxygen atoms in total. The number of hydrogen-bond donors (Lipinski definition) is 0. The first-order valence-corrected chi connectivity index (χ1v) is 10.3. The number of carbonyl (C=O) groups excluding carboxylic acids is 1. The molecule has 0 aliphatic carbocycles. The average molecular weight is 428 g/mol. The summed E-state index contributed by atoms with van der Waals surface area (Å²) < 4.78 is 8.08. The molecule has 3 aromatic carbocycles. The molecule has 0 aliphatic heterocycles. The fraction of sp³-hybridized carbons (Fsp3) is 0.0769. The van der Waals surface area contributed by atoms with Gasteiger partial charge in [-0.25, -0.2) is 0 Å². The van der Waals surface area contributed by atoms with Crippen molar-refractivity contribution >= 4 is 39.3 Å². The first kappa shape index (κ1) is 19.3. The van der Waals surface area contributed by atoms with E-state index in [9.17, 15) is 9.59 Å². The van der Waals surface area contributed by atoms with Gasteiger partial charge < -0.3 is 8.98 Å². The van der Waals surface area contributed by atoms with E-state index in [2.05, 4.69) is 0 Å². The van der Waals surface area contributed by atoms with Crippen LogP contribution in [0.2, 0.25) is 5.02 Å². The molecule has 152 valence electrons. The van der Waals surface area contributed by atoms with E-state index in [1.54, 1.807) is 31.2 Å². The van der Waals surface area contributed by atoms with Crippen molar-refractivity contribution in [3.05, 3.63) is 99.3 Å². The van der Waals surface area contributed by atoms with Crippen molar-refractivity contribution in [3.63, 3.8) is 0 Å². The molecular weight excluding hydrogens is 410 g/mol. The summed E-state index contributed by atoms with van der Waals surface area (Å²) in [4.78, 5) is 25.5. The zero-order valence-electron chi connectivity index (χ0n) is 17.0. The van der Waals surface area contributed by atoms with Gasteiger partial charge in [-0.15, -0.1) is 0 Å². The van der Waals surface area contributed by atoms with Crippen molar-refractivity contribution in [3.8, 4) is 17.0 Å². The summed E-state index contributed by atoms with van der Waals surface area (Å²) in [5, 5.41) is 1.85.